The minimum Gasteiger partial charge on any atom is -0.333 e. The van der Waals surface area contributed by atoms with Crippen molar-refractivity contribution in [3.05, 3.63) is 65.3 Å². The van der Waals surface area contributed by atoms with Gasteiger partial charge in [-0.1, -0.05) is 54.2 Å². The van der Waals surface area contributed by atoms with Crippen LogP contribution in [-0.2, 0) is 6.54 Å². The molecule has 3 atom stereocenters. The van der Waals surface area contributed by atoms with Gasteiger partial charge in [0.05, 0.1) is 20.9 Å². The first-order valence-corrected chi connectivity index (χ1v) is 13.4. The highest BCUT2D eigenvalue weighted by Gasteiger charge is 2.54. The van der Waals surface area contributed by atoms with Crippen molar-refractivity contribution in [3.8, 4) is 10.4 Å². The third-order valence-corrected chi connectivity index (χ3v) is 8.95. The summed E-state index contributed by atoms with van der Waals surface area (Å²) in [4.78, 5) is 26.4. The van der Waals surface area contributed by atoms with Crippen molar-refractivity contribution >= 4 is 40.0 Å². The minimum atomic E-state index is 0.0833. The zero-order valence-electron chi connectivity index (χ0n) is 18.8. The van der Waals surface area contributed by atoms with Gasteiger partial charge in [-0.05, 0) is 49.8 Å². The van der Waals surface area contributed by atoms with Gasteiger partial charge in [0.1, 0.15) is 5.69 Å². The van der Waals surface area contributed by atoms with Crippen molar-refractivity contribution < 1.29 is 4.79 Å². The molecule has 6 rings (SSSR count). The van der Waals surface area contributed by atoms with Crippen LogP contribution in [0.25, 0.3) is 21.5 Å². The highest BCUT2D eigenvalue weighted by atomic mass is 32.2. The fraction of sp³-hybridized carbons (Fsp3) is 0.346. The third kappa shape index (κ3) is 3.67. The van der Waals surface area contributed by atoms with Crippen LogP contribution in [0.4, 0.5) is 0 Å². The molecule has 7 heteroatoms. The van der Waals surface area contributed by atoms with Crippen LogP contribution in [-0.4, -0.2) is 43.7 Å². The third-order valence-electron chi connectivity index (χ3n) is 6.86. The van der Waals surface area contributed by atoms with Gasteiger partial charge in [-0.15, -0.1) is 11.3 Å². The molecule has 0 N–H and O–H groups in total. The number of fused-ring (bicyclic) bond motifs is 2. The predicted molar refractivity (Wildman–Crippen MR) is 135 cm³/mol. The van der Waals surface area contributed by atoms with Crippen LogP contribution in [0.5, 0.6) is 0 Å². The quantitative estimate of drug-likeness (QED) is 0.334. The van der Waals surface area contributed by atoms with E-state index in [4.69, 9.17) is 4.98 Å². The Balaban J connectivity index is 1.26. The van der Waals surface area contributed by atoms with Crippen LogP contribution >= 0.6 is 23.1 Å². The molecule has 1 aliphatic heterocycles. The first kappa shape index (κ1) is 20.9. The summed E-state index contributed by atoms with van der Waals surface area (Å²) in [6.45, 7) is 5.89. The van der Waals surface area contributed by atoms with Crippen molar-refractivity contribution in [2.75, 3.05) is 12.3 Å². The number of carbonyl (C=O) groups excluding carboxylic acids is 1. The number of benzene rings is 2. The number of amides is 1. The number of hydrogen-bond acceptors (Lipinski definition) is 5. The van der Waals surface area contributed by atoms with E-state index in [1.807, 2.05) is 31.2 Å². The monoisotopic (exact) mass is 474 g/mol. The highest BCUT2D eigenvalue weighted by molar-refractivity contribution is 7.99. The molecule has 0 unspecified atom stereocenters. The number of nitrogens with zero attached hydrogens (tertiary/aromatic N) is 4. The number of piperidine rings is 1. The maximum Gasteiger partial charge on any atom is 0.274 e. The summed E-state index contributed by atoms with van der Waals surface area (Å²) in [5, 5.41) is 1.98. The second-order valence-corrected chi connectivity index (χ2v) is 11.1. The summed E-state index contributed by atoms with van der Waals surface area (Å²) in [5.41, 5.74) is 3.90. The lowest BCUT2D eigenvalue weighted by atomic mass is 10.1. The summed E-state index contributed by atoms with van der Waals surface area (Å²) in [6.07, 6.45) is 1.24. The minimum absolute atomic E-state index is 0.0833. The Hall–Kier alpha value is -2.64. The molecule has 2 fully saturated rings. The largest absolute Gasteiger partial charge is 0.333 e. The number of imidazole rings is 1. The number of thiazole rings is 1. The molecule has 5 nitrogen and oxygen atoms in total. The molecule has 2 aromatic heterocycles. The van der Waals surface area contributed by atoms with Gasteiger partial charge in [-0.25, -0.2) is 9.97 Å². The van der Waals surface area contributed by atoms with Gasteiger partial charge >= 0.3 is 0 Å². The van der Waals surface area contributed by atoms with Crippen LogP contribution in [0.1, 0.15) is 28.8 Å². The molecule has 168 valence electrons. The maximum atomic E-state index is 13.7. The van der Waals surface area contributed by atoms with E-state index in [1.165, 1.54) is 11.9 Å². The van der Waals surface area contributed by atoms with E-state index in [1.54, 1.807) is 23.1 Å². The predicted octanol–water partition coefficient (Wildman–Crippen LogP) is 5.74. The SMILES string of the molecule is CCn1c(SC[C@@H]2[C@@H]3C[C@@H]3CN2C(=O)c2nc(C)sc2-c2ccccc2)nc2ccccc21. The number of hydrogen-bond donors (Lipinski definition) is 0. The van der Waals surface area contributed by atoms with E-state index >= 15 is 0 Å². The Labute approximate surface area is 201 Å². The van der Waals surface area contributed by atoms with Crippen LogP contribution in [0, 0.1) is 18.8 Å². The van der Waals surface area contributed by atoms with E-state index in [9.17, 15) is 4.79 Å². The molecule has 2 aliphatic rings. The summed E-state index contributed by atoms with van der Waals surface area (Å²) < 4.78 is 2.28. The Morgan fingerprint density at radius 3 is 2.73 bits per heavy atom. The molecule has 1 amide bonds. The van der Waals surface area contributed by atoms with E-state index in [2.05, 4.69) is 51.7 Å². The molecule has 0 radical (unpaired) electrons. The molecule has 4 aromatic rings. The number of carbonyl (C=O) groups is 1. The lowest BCUT2D eigenvalue weighted by Gasteiger charge is -2.27. The number of para-hydroxylation sites is 2. The standard InChI is InChI=1S/C26H26N4OS2/c1-3-29-21-12-8-7-11-20(21)28-26(29)32-15-22-19-13-18(19)14-30(22)25(31)23-24(33-16(2)27-23)17-9-5-4-6-10-17/h4-12,18-19,22H,3,13-15H2,1-2H3/t18-,19-,22-/m1/s1. The molecular weight excluding hydrogens is 448 g/mol. The lowest BCUT2D eigenvalue weighted by Crippen LogP contribution is -2.40. The summed E-state index contributed by atoms with van der Waals surface area (Å²) in [7, 11) is 0. The van der Waals surface area contributed by atoms with E-state index in [-0.39, 0.29) is 11.9 Å². The van der Waals surface area contributed by atoms with Gasteiger partial charge in [-0.3, -0.25) is 4.79 Å². The smallest absolute Gasteiger partial charge is 0.274 e. The normalized spacial score (nSPS) is 21.5. The van der Waals surface area contributed by atoms with Gasteiger partial charge in [0.15, 0.2) is 5.16 Å². The number of likely N-dealkylation sites (tertiary alicyclic amines) is 1. The van der Waals surface area contributed by atoms with E-state index < -0.39 is 0 Å². The fourth-order valence-electron chi connectivity index (χ4n) is 5.14. The molecule has 1 aliphatic carbocycles. The number of aryl methyl sites for hydroxylation is 2. The van der Waals surface area contributed by atoms with E-state index in [0.717, 1.165) is 45.0 Å². The number of thioether (sulfide) groups is 1. The Morgan fingerprint density at radius 1 is 1.12 bits per heavy atom. The van der Waals surface area contributed by atoms with Crippen molar-refractivity contribution in [2.45, 2.75) is 38.0 Å². The van der Waals surface area contributed by atoms with Crippen LogP contribution in [0.15, 0.2) is 59.8 Å². The molecule has 33 heavy (non-hydrogen) atoms. The van der Waals surface area contributed by atoms with Gasteiger partial charge in [0.25, 0.3) is 5.91 Å². The zero-order valence-corrected chi connectivity index (χ0v) is 20.4. The molecule has 1 saturated heterocycles. The van der Waals surface area contributed by atoms with Crippen LogP contribution in [0.3, 0.4) is 0 Å². The lowest BCUT2D eigenvalue weighted by molar-refractivity contribution is 0.0718. The summed E-state index contributed by atoms with van der Waals surface area (Å²) in [5.74, 6) is 2.21. The second-order valence-electron chi connectivity index (χ2n) is 8.90. The average molecular weight is 475 g/mol. The fourth-order valence-corrected chi connectivity index (χ4v) is 7.35. The molecule has 3 heterocycles. The summed E-state index contributed by atoms with van der Waals surface area (Å²) >= 11 is 3.40. The Kier molecular flexibility index (Phi) is 5.26. The van der Waals surface area contributed by atoms with Crippen molar-refractivity contribution in [2.24, 2.45) is 11.8 Å². The number of rotatable bonds is 6. The van der Waals surface area contributed by atoms with Crippen molar-refractivity contribution in [3.63, 3.8) is 0 Å². The first-order chi connectivity index (χ1) is 16.1. The topological polar surface area (TPSA) is 51.0 Å². The first-order valence-electron chi connectivity index (χ1n) is 11.6. The molecular formula is C26H26N4OS2. The maximum absolute atomic E-state index is 13.7. The zero-order chi connectivity index (χ0) is 22.5. The Bertz CT molecular complexity index is 1330. The molecule has 1 saturated carbocycles. The van der Waals surface area contributed by atoms with Gasteiger partial charge in [-0.2, -0.15) is 0 Å². The summed E-state index contributed by atoms with van der Waals surface area (Å²) in [6, 6.07) is 18.7. The molecule has 2 aromatic carbocycles. The van der Waals surface area contributed by atoms with Crippen LogP contribution in [0.2, 0.25) is 0 Å². The van der Waals surface area contributed by atoms with Gasteiger partial charge < -0.3 is 9.47 Å². The molecule has 0 bridgehead atoms. The van der Waals surface area contributed by atoms with Crippen molar-refractivity contribution in [1.29, 1.82) is 0 Å². The van der Waals surface area contributed by atoms with Gasteiger partial charge in [0, 0.05) is 24.9 Å². The second kappa shape index (κ2) is 8.29. The highest BCUT2D eigenvalue weighted by Crippen LogP contribution is 2.51. The molecule has 0 spiro atoms. The van der Waals surface area contributed by atoms with Gasteiger partial charge in [0.2, 0.25) is 0 Å². The Morgan fingerprint density at radius 2 is 1.91 bits per heavy atom. The van der Waals surface area contributed by atoms with E-state index in [0.29, 0.717) is 17.5 Å². The van der Waals surface area contributed by atoms with Crippen molar-refractivity contribution in [1.82, 2.24) is 19.4 Å². The number of aromatic nitrogens is 3. The van der Waals surface area contributed by atoms with Crippen LogP contribution < -0.4 is 0 Å². The average Bonchev–Trinajstić information content (AvgIpc) is 3.17.